The van der Waals surface area contributed by atoms with Crippen LogP contribution >= 0.6 is 0 Å². The molecule has 0 saturated heterocycles. The van der Waals surface area contributed by atoms with Gasteiger partial charge in [-0.1, -0.05) is 33.1 Å². The first-order valence-corrected chi connectivity index (χ1v) is 2.41. The van der Waals surface area contributed by atoms with Crippen molar-refractivity contribution in [3.63, 3.8) is 0 Å². The first-order valence-electron chi connectivity index (χ1n) is 2.41. The van der Waals surface area contributed by atoms with Crippen molar-refractivity contribution in [3.8, 4) is 0 Å². The molecule has 0 spiro atoms. The van der Waals surface area contributed by atoms with E-state index in [0.29, 0.717) is 0 Å². The smallest absolute Gasteiger partial charge is 1.00 e. The molecule has 0 aromatic rings. The third kappa shape index (κ3) is 19.0. The van der Waals surface area contributed by atoms with E-state index in [4.69, 9.17) is 0 Å². The van der Waals surface area contributed by atoms with Crippen LogP contribution in [0, 0.1) is 0 Å². The van der Waals surface area contributed by atoms with Crippen molar-refractivity contribution in [1.82, 2.24) is 0 Å². The zero-order valence-electron chi connectivity index (χ0n) is 8.12. The molecule has 0 nitrogen and oxygen atoms in total. The quantitative estimate of drug-likeness (QED) is 0.306. The zero-order valence-corrected chi connectivity index (χ0v) is 6.12. The maximum Gasteiger partial charge on any atom is 1.00 e. The van der Waals surface area contributed by atoms with Crippen LogP contribution in [0.25, 0.3) is 0 Å². The van der Waals surface area contributed by atoms with Crippen LogP contribution in [0.4, 0.5) is 0 Å². The van der Waals surface area contributed by atoms with Gasteiger partial charge in [0.1, 0.15) is 0 Å². The Hall–Kier alpha value is 1.19. The normalized spacial score (nSPS) is 6.00. The molecule has 0 amide bonds. The van der Waals surface area contributed by atoms with Gasteiger partial charge < -0.3 is 2.85 Å². The molecule has 36 valence electrons. The molecule has 0 aromatic heterocycles. The Labute approximate surface area is 73.8 Å². The summed E-state index contributed by atoms with van der Waals surface area (Å²) in [7, 11) is 0. The van der Waals surface area contributed by atoms with E-state index in [2.05, 4.69) is 13.8 Å². The molecule has 0 saturated carbocycles. The molecular formula is C5H14Li2. The molecule has 0 aliphatic rings. The van der Waals surface area contributed by atoms with Gasteiger partial charge in [0, 0.05) is 0 Å². The van der Waals surface area contributed by atoms with Crippen molar-refractivity contribution in [1.29, 1.82) is 0 Å². The summed E-state index contributed by atoms with van der Waals surface area (Å²) in [6, 6.07) is 0. The van der Waals surface area contributed by atoms with Crippen molar-refractivity contribution in [3.05, 3.63) is 0 Å². The molecule has 7 heavy (non-hydrogen) atoms. The van der Waals surface area contributed by atoms with E-state index in [0.717, 1.165) is 0 Å². The van der Waals surface area contributed by atoms with Crippen molar-refractivity contribution in [2.45, 2.75) is 33.1 Å². The topological polar surface area (TPSA) is 0 Å². The minimum absolute atomic E-state index is 0. The summed E-state index contributed by atoms with van der Waals surface area (Å²) in [5.74, 6) is 0. The van der Waals surface area contributed by atoms with E-state index in [1.54, 1.807) is 0 Å². The second-order valence-electron chi connectivity index (χ2n) is 1.35. The second kappa shape index (κ2) is 15.7. The van der Waals surface area contributed by atoms with Gasteiger partial charge in [-0.3, -0.25) is 0 Å². The van der Waals surface area contributed by atoms with Crippen molar-refractivity contribution in [2.24, 2.45) is 0 Å². The van der Waals surface area contributed by atoms with Crippen LogP contribution in [0.3, 0.4) is 0 Å². The van der Waals surface area contributed by atoms with Gasteiger partial charge in [-0.25, -0.2) is 0 Å². The molecular weight excluding hydrogens is 73.9 g/mol. The third-order valence-corrected chi connectivity index (χ3v) is 0.707. The summed E-state index contributed by atoms with van der Waals surface area (Å²) in [5, 5.41) is 0. The molecule has 0 unspecified atom stereocenters. The minimum atomic E-state index is 0. The largest absolute Gasteiger partial charge is 1.00 e. The molecule has 0 radical (unpaired) electrons. The Morgan fingerprint density at radius 3 is 1.29 bits per heavy atom. The monoisotopic (exact) mass is 88.1 g/mol. The predicted octanol–water partition coefficient (Wildman–Crippen LogP) is -3.57. The van der Waals surface area contributed by atoms with E-state index in [1.165, 1.54) is 19.3 Å². The van der Waals surface area contributed by atoms with Gasteiger partial charge in [0.2, 0.25) is 0 Å². The van der Waals surface area contributed by atoms with E-state index < -0.39 is 0 Å². The van der Waals surface area contributed by atoms with Gasteiger partial charge in [0.15, 0.2) is 0 Å². The fourth-order valence-electron chi connectivity index (χ4n) is 0.354. The second-order valence-corrected chi connectivity index (χ2v) is 1.35. The Kier molecular flexibility index (Phi) is 35.2. The molecule has 0 aliphatic carbocycles. The Bertz CT molecular complexity index is 20.4. The molecule has 0 rings (SSSR count). The summed E-state index contributed by atoms with van der Waals surface area (Å²) < 4.78 is 0. The summed E-state index contributed by atoms with van der Waals surface area (Å²) in [5.41, 5.74) is 0. The van der Waals surface area contributed by atoms with Gasteiger partial charge in [0.05, 0.1) is 0 Å². The first kappa shape index (κ1) is 15.7. The van der Waals surface area contributed by atoms with Gasteiger partial charge in [-0.2, -0.15) is 0 Å². The van der Waals surface area contributed by atoms with Crippen LogP contribution in [0.15, 0.2) is 0 Å². The van der Waals surface area contributed by atoms with Gasteiger partial charge >= 0.3 is 37.7 Å². The molecule has 2 heteroatoms. The average Bonchev–Trinajstić information content (AvgIpc) is 1.41. The van der Waals surface area contributed by atoms with Gasteiger partial charge in [-0.15, -0.1) is 0 Å². The van der Waals surface area contributed by atoms with Crippen LogP contribution < -0.4 is 37.7 Å². The summed E-state index contributed by atoms with van der Waals surface area (Å²) in [6.45, 7) is 4.42. The molecule has 0 aliphatic heterocycles. The van der Waals surface area contributed by atoms with Crippen LogP contribution in [0.1, 0.15) is 36.0 Å². The van der Waals surface area contributed by atoms with Crippen LogP contribution in [0.2, 0.25) is 0 Å². The van der Waals surface area contributed by atoms with Crippen molar-refractivity contribution in [2.75, 3.05) is 0 Å². The number of unbranched alkanes of at least 4 members (excludes halogenated alkanes) is 2. The minimum Gasteiger partial charge on any atom is -1.00 e. The van der Waals surface area contributed by atoms with E-state index in [-0.39, 0.29) is 40.6 Å². The standard InChI is InChI=1S/C5H12.2Li.2H/c1-3-5-4-2;;;;/h3-5H2,1-2H3;;;;/q;2*+1;2*-1. The predicted molar refractivity (Wildman–Crippen MR) is 27.4 cm³/mol. The number of hydrogen-bond acceptors (Lipinski definition) is 0. The van der Waals surface area contributed by atoms with Gasteiger partial charge in [-0.05, 0) is 0 Å². The Morgan fingerprint density at radius 2 is 1.29 bits per heavy atom. The molecule has 0 N–H and O–H groups in total. The molecule has 0 heterocycles. The maximum atomic E-state index is 2.21. The van der Waals surface area contributed by atoms with E-state index in [9.17, 15) is 0 Å². The van der Waals surface area contributed by atoms with Crippen LogP contribution in [0.5, 0.6) is 0 Å². The summed E-state index contributed by atoms with van der Waals surface area (Å²) in [4.78, 5) is 0. The van der Waals surface area contributed by atoms with Crippen molar-refractivity contribution < 1.29 is 40.6 Å². The van der Waals surface area contributed by atoms with Gasteiger partial charge in [0.25, 0.3) is 0 Å². The SMILES string of the molecule is CCCCC.[H-].[H-].[Li+].[Li+]. The van der Waals surface area contributed by atoms with Crippen LogP contribution in [-0.4, -0.2) is 0 Å². The number of hydrogen-bond donors (Lipinski definition) is 0. The molecule has 0 aromatic carbocycles. The fourth-order valence-corrected chi connectivity index (χ4v) is 0.354. The zero-order chi connectivity index (χ0) is 4.12. The fraction of sp³-hybridized carbons (Fsp3) is 1.00. The summed E-state index contributed by atoms with van der Waals surface area (Å²) in [6.07, 6.45) is 4.08. The number of rotatable bonds is 2. The Morgan fingerprint density at radius 1 is 1.00 bits per heavy atom. The molecule has 0 atom stereocenters. The maximum absolute atomic E-state index is 2.21. The average molecular weight is 88.0 g/mol. The first-order chi connectivity index (χ1) is 2.41. The third-order valence-electron chi connectivity index (χ3n) is 0.707. The Balaban J connectivity index is -0.0000000133. The van der Waals surface area contributed by atoms with Crippen molar-refractivity contribution >= 4 is 0 Å². The van der Waals surface area contributed by atoms with Crippen LogP contribution in [-0.2, 0) is 0 Å². The summed E-state index contributed by atoms with van der Waals surface area (Å²) >= 11 is 0. The molecule has 0 bridgehead atoms. The van der Waals surface area contributed by atoms with E-state index >= 15 is 0 Å². The van der Waals surface area contributed by atoms with E-state index in [1.807, 2.05) is 0 Å². The molecule has 0 fully saturated rings.